The van der Waals surface area contributed by atoms with Crippen molar-refractivity contribution in [3.63, 3.8) is 0 Å². The third-order valence-corrected chi connectivity index (χ3v) is 3.19. The molecular weight excluding hydrogens is 342 g/mol. The second-order valence-electron chi connectivity index (χ2n) is 5.06. The van der Waals surface area contributed by atoms with Crippen LogP contribution in [-0.2, 0) is 6.18 Å². The first kappa shape index (κ1) is 18.5. The molecule has 0 aliphatic carbocycles. The van der Waals surface area contributed by atoms with Crippen molar-refractivity contribution in [1.82, 2.24) is 9.88 Å². The van der Waals surface area contributed by atoms with Crippen molar-refractivity contribution >= 4 is 11.8 Å². The molecule has 1 aromatic heterocycles. The molecule has 0 saturated heterocycles. The number of benzene rings is 1. The molecule has 0 fully saturated rings. The second-order valence-corrected chi connectivity index (χ2v) is 5.06. The quantitative estimate of drug-likeness (QED) is 0.829. The van der Waals surface area contributed by atoms with E-state index in [4.69, 9.17) is 4.74 Å². The monoisotopic (exact) mass is 357 g/mol. The molecule has 2 amide bonds. The maximum atomic E-state index is 13.4. The first-order chi connectivity index (χ1) is 11.8. The Morgan fingerprint density at radius 2 is 2.00 bits per heavy atom. The first-order valence-corrected chi connectivity index (χ1v) is 7.20. The number of para-hydroxylation sites is 1. The normalized spacial score (nSPS) is 11.1. The molecule has 9 heteroatoms. The average molecular weight is 357 g/mol. The summed E-state index contributed by atoms with van der Waals surface area (Å²) in [4.78, 5) is 16.8. The largest absolute Gasteiger partial charge is 0.489 e. The van der Waals surface area contributed by atoms with Gasteiger partial charge < -0.3 is 9.64 Å². The predicted molar refractivity (Wildman–Crippen MR) is 82.8 cm³/mol. The van der Waals surface area contributed by atoms with Gasteiger partial charge in [0.1, 0.15) is 12.4 Å². The summed E-state index contributed by atoms with van der Waals surface area (Å²) in [5.74, 6) is -0.694. The lowest BCUT2D eigenvalue weighted by atomic mass is 10.2. The Morgan fingerprint density at radius 1 is 1.28 bits per heavy atom. The topological polar surface area (TPSA) is 54.5 Å². The highest BCUT2D eigenvalue weighted by Gasteiger charge is 2.30. The summed E-state index contributed by atoms with van der Waals surface area (Å²) >= 11 is 0. The van der Waals surface area contributed by atoms with Gasteiger partial charge in [-0.25, -0.2) is 14.2 Å². The predicted octanol–water partition coefficient (Wildman–Crippen LogP) is 3.78. The molecule has 1 aromatic carbocycles. The minimum absolute atomic E-state index is 0.0148. The molecule has 2 rings (SSSR count). The fraction of sp³-hybridized carbons (Fsp3) is 0.250. The number of hydrogen-bond donors (Lipinski definition) is 1. The zero-order chi connectivity index (χ0) is 18.4. The number of hydrogen-bond acceptors (Lipinski definition) is 3. The number of carbonyl (C=O) groups is 1. The van der Waals surface area contributed by atoms with Crippen LogP contribution in [0, 0.1) is 5.82 Å². The van der Waals surface area contributed by atoms with Crippen molar-refractivity contribution in [3.8, 4) is 5.75 Å². The van der Waals surface area contributed by atoms with Gasteiger partial charge in [-0.15, -0.1) is 0 Å². The maximum Gasteiger partial charge on any atom is 0.416 e. The van der Waals surface area contributed by atoms with Gasteiger partial charge in [0.2, 0.25) is 0 Å². The Morgan fingerprint density at radius 3 is 2.68 bits per heavy atom. The van der Waals surface area contributed by atoms with Gasteiger partial charge in [-0.05, 0) is 24.3 Å². The number of likely N-dealkylation sites (N-methyl/N-ethyl adjacent to an activating group) is 1. The summed E-state index contributed by atoms with van der Waals surface area (Å²) in [5, 5.41) is 2.26. The molecular formula is C16H15F4N3O2. The van der Waals surface area contributed by atoms with Gasteiger partial charge in [0.05, 0.1) is 12.1 Å². The molecule has 134 valence electrons. The fourth-order valence-corrected chi connectivity index (χ4v) is 1.84. The third-order valence-electron chi connectivity index (χ3n) is 3.19. The van der Waals surface area contributed by atoms with Gasteiger partial charge in [-0.3, -0.25) is 5.32 Å². The van der Waals surface area contributed by atoms with Crippen molar-refractivity contribution in [2.24, 2.45) is 0 Å². The maximum absolute atomic E-state index is 13.4. The highest BCUT2D eigenvalue weighted by molar-refractivity contribution is 5.88. The number of rotatable bonds is 5. The summed E-state index contributed by atoms with van der Waals surface area (Å²) < 4.78 is 56.5. The molecule has 5 nitrogen and oxygen atoms in total. The van der Waals surface area contributed by atoms with Gasteiger partial charge in [-0.2, -0.15) is 13.2 Å². The van der Waals surface area contributed by atoms with Crippen molar-refractivity contribution < 1.29 is 27.1 Å². The Labute approximate surface area is 141 Å². The van der Waals surface area contributed by atoms with Crippen LogP contribution in [0.5, 0.6) is 5.75 Å². The molecule has 0 bridgehead atoms. The smallest absolute Gasteiger partial charge is 0.416 e. The van der Waals surface area contributed by atoms with Crippen LogP contribution < -0.4 is 10.1 Å². The lowest BCUT2D eigenvalue weighted by Gasteiger charge is -2.18. The first-order valence-electron chi connectivity index (χ1n) is 7.20. The van der Waals surface area contributed by atoms with Crippen LogP contribution in [0.4, 0.5) is 28.2 Å². The van der Waals surface area contributed by atoms with Gasteiger partial charge in [-0.1, -0.05) is 12.1 Å². The molecule has 0 aliphatic rings. The molecule has 1 N–H and O–H groups in total. The number of nitrogens with zero attached hydrogens (tertiary/aromatic N) is 2. The van der Waals surface area contributed by atoms with E-state index in [9.17, 15) is 22.4 Å². The number of nitrogens with one attached hydrogen (secondary N) is 1. The molecule has 0 atom stereocenters. The van der Waals surface area contributed by atoms with Crippen LogP contribution in [0.3, 0.4) is 0 Å². The number of ether oxygens (including phenoxy) is 1. The second kappa shape index (κ2) is 7.82. The van der Waals surface area contributed by atoms with Gasteiger partial charge in [0, 0.05) is 13.2 Å². The van der Waals surface area contributed by atoms with Crippen molar-refractivity contribution in [2.75, 3.05) is 25.5 Å². The van der Waals surface area contributed by atoms with E-state index in [2.05, 4.69) is 10.3 Å². The van der Waals surface area contributed by atoms with E-state index in [1.54, 1.807) is 6.07 Å². The highest BCUT2D eigenvalue weighted by Crippen LogP contribution is 2.29. The molecule has 0 spiro atoms. The summed E-state index contributed by atoms with van der Waals surface area (Å²) in [6.07, 6.45) is -3.57. The van der Waals surface area contributed by atoms with Crippen LogP contribution in [0.2, 0.25) is 0 Å². The number of pyridine rings is 1. The third kappa shape index (κ3) is 5.33. The van der Waals surface area contributed by atoms with E-state index in [0.29, 0.717) is 0 Å². The van der Waals surface area contributed by atoms with E-state index in [0.717, 1.165) is 18.3 Å². The van der Waals surface area contributed by atoms with Crippen LogP contribution >= 0.6 is 0 Å². The van der Waals surface area contributed by atoms with Gasteiger partial charge in [0.15, 0.2) is 11.6 Å². The SMILES string of the molecule is CN(CCOc1ccccc1F)C(=O)Nc1cc(C(F)(F)F)ccn1. The summed E-state index contributed by atoms with van der Waals surface area (Å²) in [6, 6.07) is 6.69. The zero-order valence-electron chi connectivity index (χ0n) is 13.2. The van der Waals surface area contributed by atoms with Crippen molar-refractivity contribution in [2.45, 2.75) is 6.18 Å². The average Bonchev–Trinajstić information content (AvgIpc) is 2.56. The molecule has 25 heavy (non-hydrogen) atoms. The van der Waals surface area contributed by atoms with Crippen molar-refractivity contribution in [1.29, 1.82) is 0 Å². The highest BCUT2D eigenvalue weighted by atomic mass is 19.4. The number of halogens is 4. The number of alkyl halides is 3. The van der Waals surface area contributed by atoms with E-state index >= 15 is 0 Å². The van der Waals surface area contributed by atoms with E-state index in [1.165, 1.54) is 30.1 Å². The minimum Gasteiger partial charge on any atom is -0.489 e. The van der Waals surface area contributed by atoms with Crippen LogP contribution in [-0.4, -0.2) is 36.1 Å². The van der Waals surface area contributed by atoms with E-state index in [1.807, 2.05) is 0 Å². The molecule has 0 saturated carbocycles. The Kier molecular flexibility index (Phi) is 5.79. The zero-order valence-corrected chi connectivity index (χ0v) is 13.2. The number of urea groups is 1. The molecule has 0 unspecified atom stereocenters. The van der Waals surface area contributed by atoms with Gasteiger partial charge >= 0.3 is 12.2 Å². The number of amides is 2. The number of anilines is 1. The standard InChI is InChI=1S/C16H15F4N3O2/c1-23(8-9-25-13-5-3-2-4-12(13)17)15(24)22-14-10-11(6-7-21-14)16(18,19)20/h2-7,10H,8-9H2,1H3,(H,21,22,24). The molecule has 0 radical (unpaired) electrons. The Bertz CT molecular complexity index is 737. The molecule has 0 aliphatic heterocycles. The molecule has 2 aromatic rings. The molecule has 1 heterocycles. The van der Waals surface area contributed by atoms with Crippen molar-refractivity contribution in [3.05, 3.63) is 54.0 Å². The lowest BCUT2D eigenvalue weighted by molar-refractivity contribution is -0.137. The summed E-state index contributed by atoms with van der Waals surface area (Å²) in [7, 11) is 1.42. The van der Waals surface area contributed by atoms with Crippen LogP contribution in [0.15, 0.2) is 42.6 Å². The summed E-state index contributed by atoms with van der Waals surface area (Å²) in [6.45, 7) is 0.111. The lowest BCUT2D eigenvalue weighted by Crippen LogP contribution is -2.34. The summed E-state index contributed by atoms with van der Waals surface area (Å²) in [5.41, 5.74) is -0.914. The Balaban J connectivity index is 1.87. The van der Waals surface area contributed by atoms with Gasteiger partial charge in [0.25, 0.3) is 0 Å². The fourth-order valence-electron chi connectivity index (χ4n) is 1.84. The minimum atomic E-state index is -4.53. The van der Waals surface area contributed by atoms with Crippen LogP contribution in [0.25, 0.3) is 0 Å². The van der Waals surface area contributed by atoms with E-state index in [-0.39, 0.29) is 24.7 Å². The Hall–Kier alpha value is -2.84. The number of aromatic nitrogens is 1. The number of carbonyl (C=O) groups excluding carboxylic acids is 1. The van der Waals surface area contributed by atoms with E-state index < -0.39 is 23.6 Å². The van der Waals surface area contributed by atoms with Crippen LogP contribution in [0.1, 0.15) is 5.56 Å².